The van der Waals surface area contributed by atoms with E-state index in [-0.39, 0.29) is 23.2 Å². The monoisotopic (exact) mass is 507 g/mol. The van der Waals surface area contributed by atoms with Crippen molar-refractivity contribution in [3.8, 4) is 5.69 Å². The Kier molecular flexibility index (Phi) is 5.18. The van der Waals surface area contributed by atoms with Crippen LogP contribution in [0.1, 0.15) is 18.4 Å². The number of anilines is 2. The third-order valence-corrected chi connectivity index (χ3v) is 8.40. The summed E-state index contributed by atoms with van der Waals surface area (Å²) in [5.74, 6) is 1.47. The number of nitrogens with zero attached hydrogens (tertiary/aromatic N) is 6. The summed E-state index contributed by atoms with van der Waals surface area (Å²) < 4.78 is 64.8. The van der Waals surface area contributed by atoms with E-state index in [2.05, 4.69) is 25.2 Å². The van der Waals surface area contributed by atoms with E-state index in [1.54, 1.807) is 12.3 Å². The summed E-state index contributed by atoms with van der Waals surface area (Å²) >= 11 is 0. The topological polar surface area (TPSA) is 96.2 Å². The number of hydrogen-bond acceptors (Lipinski definition) is 8. The van der Waals surface area contributed by atoms with Gasteiger partial charge in [0.2, 0.25) is 5.95 Å². The number of halogens is 3. The van der Waals surface area contributed by atoms with Gasteiger partial charge in [0.25, 0.3) is 0 Å². The van der Waals surface area contributed by atoms with Gasteiger partial charge in [0.1, 0.15) is 5.82 Å². The van der Waals surface area contributed by atoms with Crippen molar-refractivity contribution in [3.05, 3.63) is 36.0 Å². The normalized spacial score (nSPS) is 21.3. The Balaban J connectivity index is 1.32. The van der Waals surface area contributed by atoms with Gasteiger partial charge in [0, 0.05) is 38.3 Å². The van der Waals surface area contributed by atoms with Crippen LogP contribution in [0.15, 0.2) is 30.5 Å². The van der Waals surface area contributed by atoms with Gasteiger partial charge in [-0.3, -0.25) is 4.90 Å². The Morgan fingerprint density at radius 3 is 2.49 bits per heavy atom. The molecule has 9 nitrogen and oxygen atoms in total. The van der Waals surface area contributed by atoms with Gasteiger partial charge in [-0.15, -0.1) is 0 Å². The first kappa shape index (κ1) is 22.5. The van der Waals surface area contributed by atoms with Crippen LogP contribution in [0, 0.1) is 0 Å². The van der Waals surface area contributed by atoms with E-state index in [1.165, 1.54) is 10.7 Å². The minimum atomic E-state index is -4.46. The van der Waals surface area contributed by atoms with Crippen LogP contribution in [0.2, 0.25) is 0 Å². The number of hydrogen-bond donors (Lipinski definition) is 1. The van der Waals surface area contributed by atoms with Crippen LogP contribution >= 0.6 is 0 Å². The number of alkyl halides is 3. The highest BCUT2D eigenvalue weighted by Gasteiger charge is 2.37. The second kappa shape index (κ2) is 8.05. The van der Waals surface area contributed by atoms with E-state index in [0.29, 0.717) is 55.0 Å². The first-order valence-electron chi connectivity index (χ1n) is 11.6. The number of fused-ring (bicyclic) bond motifs is 1. The molecule has 1 aliphatic carbocycles. The maximum absolute atomic E-state index is 13.3. The SMILES string of the molecule is O=S1(=O)CCN(C2CN(c3nc(NC4CC4)nc4c3cnn4-c3cccc(C(F)(F)F)c3)C2)CC1. The zero-order valence-electron chi connectivity index (χ0n) is 18.7. The molecule has 3 aliphatic rings. The summed E-state index contributed by atoms with van der Waals surface area (Å²) in [5.41, 5.74) is -0.0451. The van der Waals surface area contributed by atoms with Crippen LogP contribution in [0.5, 0.6) is 0 Å². The molecule has 4 heterocycles. The molecular weight excluding hydrogens is 483 g/mol. The van der Waals surface area contributed by atoms with E-state index < -0.39 is 21.6 Å². The van der Waals surface area contributed by atoms with Gasteiger partial charge < -0.3 is 10.2 Å². The van der Waals surface area contributed by atoms with Crippen molar-refractivity contribution in [3.63, 3.8) is 0 Å². The van der Waals surface area contributed by atoms with Crippen molar-refractivity contribution in [1.82, 2.24) is 24.6 Å². The molecule has 3 aromatic rings. The van der Waals surface area contributed by atoms with E-state index in [1.807, 2.05) is 0 Å². The summed E-state index contributed by atoms with van der Waals surface area (Å²) in [4.78, 5) is 13.6. The van der Waals surface area contributed by atoms with Crippen LogP contribution in [-0.2, 0) is 16.0 Å². The van der Waals surface area contributed by atoms with Crippen LogP contribution in [-0.4, -0.2) is 82.8 Å². The van der Waals surface area contributed by atoms with Gasteiger partial charge in [-0.25, -0.2) is 13.1 Å². The molecule has 3 fully saturated rings. The van der Waals surface area contributed by atoms with Gasteiger partial charge >= 0.3 is 6.18 Å². The molecule has 0 radical (unpaired) electrons. The lowest BCUT2D eigenvalue weighted by Crippen LogP contribution is -2.62. The molecule has 0 bridgehead atoms. The number of nitrogens with one attached hydrogen (secondary N) is 1. The molecule has 2 aromatic heterocycles. The molecule has 186 valence electrons. The van der Waals surface area contributed by atoms with Gasteiger partial charge in [-0.1, -0.05) is 6.07 Å². The predicted octanol–water partition coefficient (Wildman–Crippen LogP) is 2.33. The standard InChI is InChI=1S/C22H24F3N7O2S/c23-22(24,25)14-2-1-3-16(10-14)32-20-18(11-26-32)19(28-21(29-20)27-15-4-5-15)31-12-17(13-31)30-6-8-35(33,34)9-7-30/h1-3,10-11,15,17H,4-9,12-13H2,(H,27,28,29). The van der Waals surface area contributed by atoms with Crippen molar-refractivity contribution in [1.29, 1.82) is 0 Å². The van der Waals surface area contributed by atoms with Gasteiger partial charge in [-0.05, 0) is 31.0 Å². The quantitative estimate of drug-likeness (QED) is 0.562. The second-order valence-electron chi connectivity index (χ2n) is 9.38. The summed E-state index contributed by atoms with van der Waals surface area (Å²) in [7, 11) is -2.94. The van der Waals surface area contributed by atoms with E-state index in [4.69, 9.17) is 4.98 Å². The first-order chi connectivity index (χ1) is 16.7. The number of rotatable bonds is 5. The van der Waals surface area contributed by atoms with Crippen LogP contribution < -0.4 is 10.2 Å². The summed E-state index contributed by atoms with van der Waals surface area (Å²) in [6, 6.07) is 5.55. The van der Waals surface area contributed by atoms with Gasteiger partial charge in [0.05, 0.1) is 34.3 Å². The lowest BCUT2D eigenvalue weighted by atomic mass is 10.1. The predicted molar refractivity (Wildman–Crippen MR) is 125 cm³/mol. The maximum Gasteiger partial charge on any atom is 0.416 e. The smallest absolute Gasteiger partial charge is 0.353 e. The fourth-order valence-electron chi connectivity index (χ4n) is 4.56. The summed E-state index contributed by atoms with van der Waals surface area (Å²) in [6.07, 6.45) is -0.828. The highest BCUT2D eigenvalue weighted by Crippen LogP contribution is 2.34. The van der Waals surface area contributed by atoms with Crippen molar-refractivity contribution in [2.75, 3.05) is 47.9 Å². The largest absolute Gasteiger partial charge is 0.416 e. The third kappa shape index (κ3) is 4.42. The highest BCUT2D eigenvalue weighted by molar-refractivity contribution is 7.91. The third-order valence-electron chi connectivity index (χ3n) is 6.79. The van der Waals surface area contributed by atoms with Gasteiger partial charge in [-0.2, -0.15) is 28.2 Å². The molecule has 1 saturated carbocycles. The Bertz CT molecular complexity index is 1370. The zero-order valence-corrected chi connectivity index (χ0v) is 19.6. The number of sulfone groups is 1. The van der Waals surface area contributed by atoms with Crippen LogP contribution in [0.4, 0.5) is 24.9 Å². The van der Waals surface area contributed by atoms with Crippen molar-refractivity contribution in [2.45, 2.75) is 31.1 Å². The molecule has 6 rings (SSSR count). The molecule has 1 N–H and O–H groups in total. The highest BCUT2D eigenvalue weighted by atomic mass is 32.2. The molecule has 2 aliphatic heterocycles. The molecule has 35 heavy (non-hydrogen) atoms. The minimum absolute atomic E-state index is 0.181. The Hall–Kier alpha value is -2.93. The lowest BCUT2D eigenvalue weighted by molar-refractivity contribution is -0.137. The molecule has 0 amide bonds. The number of aromatic nitrogens is 4. The fourth-order valence-corrected chi connectivity index (χ4v) is 5.79. The average molecular weight is 508 g/mol. The second-order valence-corrected chi connectivity index (χ2v) is 11.7. The fraction of sp³-hybridized carbons (Fsp3) is 0.500. The molecule has 0 spiro atoms. The molecule has 1 aromatic carbocycles. The molecular formula is C22H24F3N7O2S. The summed E-state index contributed by atoms with van der Waals surface area (Å²) in [5, 5.41) is 8.31. The molecule has 2 saturated heterocycles. The maximum atomic E-state index is 13.3. The Morgan fingerprint density at radius 1 is 1.06 bits per heavy atom. The van der Waals surface area contributed by atoms with Crippen LogP contribution in [0.25, 0.3) is 16.7 Å². The van der Waals surface area contributed by atoms with Crippen molar-refractivity contribution in [2.24, 2.45) is 0 Å². The van der Waals surface area contributed by atoms with Gasteiger partial charge in [0.15, 0.2) is 15.5 Å². The van der Waals surface area contributed by atoms with Crippen molar-refractivity contribution >= 4 is 32.6 Å². The summed E-state index contributed by atoms with van der Waals surface area (Å²) in [6.45, 7) is 2.43. The van der Waals surface area contributed by atoms with E-state index in [9.17, 15) is 21.6 Å². The Labute approximate surface area is 199 Å². The minimum Gasteiger partial charge on any atom is -0.353 e. The first-order valence-corrected chi connectivity index (χ1v) is 13.4. The average Bonchev–Trinajstić information content (AvgIpc) is 3.48. The van der Waals surface area contributed by atoms with E-state index >= 15 is 0 Å². The van der Waals surface area contributed by atoms with Crippen molar-refractivity contribution < 1.29 is 21.6 Å². The number of benzene rings is 1. The molecule has 13 heteroatoms. The van der Waals surface area contributed by atoms with E-state index in [0.717, 1.165) is 25.0 Å². The molecule has 0 unspecified atom stereocenters. The molecule has 0 atom stereocenters. The zero-order chi connectivity index (χ0) is 24.4. The van der Waals surface area contributed by atoms with Crippen LogP contribution in [0.3, 0.4) is 0 Å². The Morgan fingerprint density at radius 2 is 1.80 bits per heavy atom. The lowest BCUT2D eigenvalue weighted by Gasteiger charge is -2.47.